The molecule has 2 rings (SSSR count). The maximum absolute atomic E-state index is 13.0. The molecule has 2 N–H and O–H groups in total. The van der Waals surface area contributed by atoms with Gasteiger partial charge < -0.3 is 19.9 Å². The summed E-state index contributed by atoms with van der Waals surface area (Å²) in [6.45, 7) is 2.16. The van der Waals surface area contributed by atoms with Gasteiger partial charge in [-0.2, -0.15) is 0 Å². The van der Waals surface area contributed by atoms with Crippen LogP contribution in [0.5, 0.6) is 11.5 Å². The van der Waals surface area contributed by atoms with E-state index in [4.69, 9.17) is 14.6 Å². The fraction of sp³-hybridized carbons (Fsp3) is 0.400. The molecule has 0 radical (unpaired) electrons. The monoisotopic (exact) mass is 347 g/mol. The van der Waals surface area contributed by atoms with Crippen molar-refractivity contribution in [1.29, 1.82) is 0 Å². The lowest BCUT2D eigenvalue weighted by Gasteiger charge is -2.16. The summed E-state index contributed by atoms with van der Waals surface area (Å²) < 4.78 is 24.4. The van der Waals surface area contributed by atoms with E-state index in [0.29, 0.717) is 24.7 Å². The third kappa shape index (κ3) is 6.36. The van der Waals surface area contributed by atoms with Crippen molar-refractivity contribution in [1.82, 2.24) is 5.32 Å². The molecule has 5 heteroatoms. The molecule has 2 aromatic carbocycles. The highest BCUT2D eigenvalue weighted by Gasteiger charge is 2.10. The molecule has 0 saturated heterocycles. The number of aliphatic hydroxyl groups excluding tert-OH is 1. The van der Waals surface area contributed by atoms with Crippen LogP contribution in [0, 0.1) is 5.82 Å². The minimum Gasteiger partial charge on any atom is -0.493 e. The van der Waals surface area contributed by atoms with Crippen LogP contribution in [0.4, 0.5) is 4.39 Å². The second-order valence-corrected chi connectivity index (χ2v) is 5.82. The maximum Gasteiger partial charge on any atom is 0.166 e. The van der Waals surface area contributed by atoms with Crippen LogP contribution in [0.3, 0.4) is 0 Å². The summed E-state index contributed by atoms with van der Waals surface area (Å²) in [5.41, 5.74) is 1.92. The van der Waals surface area contributed by atoms with Crippen LogP contribution in [0.15, 0.2) is 42.5 Å². The molecular formula is C20H26FNO3. The van der Waals surface area contributed by atoms with Crippen LogP contribution in [0.25, 0.3) is 0 Å². The molecule has 0 saturated carbocycles. The normalized spacial score (nSPS) is 10.7. The smallest absolute Gasteiger partial charge is 0.166 e. The van der Waals surface area contributed by atoms with Gasteiger partial charge in [0.15, 0.2) is 11.5 Å². The van der Waals surface area contributed by atoms with Crippen LogP contribution in [0.2, 0.25) is 0 Å². The van der Waals surface area contributed by atoms with E-state index in [2.05, 4.69) is 5.32 Å². The number of unbranched alkanes of at least 4 members (excludes halogenated alkanes) is 2. The molecule has 0 atom stereocenters. The Morgan fingerprint density at radius 1 is 1.04 bits per heavy atom. The quantitative estimate of drug-likeness (QED) is 0.609. The molecule has 0 bridgehead atoms. The van der Waals surface area contributed by atoms with Gasteiger partial charge in [-0.25, -0.2) is 4.39 Å². The molecule has 0 unspecified atom stereocenters. The average molecular weight is 347 g/mol. The summed E-state index contributed by atoms with van der Waals surface area (Å²) in [7, 11) is 1.62. The summed E-state index contributed by atoms with van der Waals surface area (Å²) in [5.74, 6) is 1.13. The predicted molar refractivity (Wildman–Crippen MR) is 96.4 cm³/mol. The van der Waals surface area contributed by atoms with E-state index in [1.165, 1.54) is 12.1 Å². The minimum absolute atomic E-state index is 0.247. The van der Waals surface area contributed by atoms with Gasteiger partial charge in [0.1, 0.15) is 12.4 Å². The molecule has 25 heavy (non-hydrogen) atoms. The van der Waals surface area contributed by atoms with Gasteiger partial charge in [0, 0.05) is 18.7 Å². The van der Waals surface area contributed by atoms with Crippen molar-refractivity contribution in [3.8, 4) is 11.5 Å². The molecule has 0 amide bonds. The SMILES string of the molecule is COc1cccc(CNCCCCCO)c1OCc1ccc(F)cc1. The molecule has 0 aliphatic rings. The molecule has 4 nitrogen and oxygen atoms in total. The molecule has 136 valence electrons. The van der Waals surface area contributed by atoms with Crippen LogP contribution in [0.1, 0.15) is 30.4 Å². The van der Waals surface area contributed by atoms with Gasteiger partial charge >= 0.3 is 0 Å². The van der Waals surface area contributed by atoms with E-state index in [9.17, 15) is 4.39 Å². The molecule has 0 heterocycles. The van der Waals surface area contributed by atoms with E-state index in [0.717, 1.165) is 36.9 Å². The van der Waals surface area contributed by atoms with E-state index in [-0.39, 0.29) is 12.4 Å². The van der Waals surface area contributed by atoms with E-state index in [1.807, 2.05) is 18.2 Å². The van der Waals surface area contributed by atoms with Gasteiger partial charge in [-0.15, -0.1) is 0 Å². The second-order valence-electron chi connectivity index (χ2n) is 5.82. The van der Waals surface area contributed by atoms with Crippen molar-refractivity contribution in [3.05, 3.63) is 59.4 Å². The topological polar surface area (TPSA) is 50.7 Å². The summed E-state index contributed by atoms with van der Waals surface area (Å²) in [5, 5.41) is 12.2. The number of halogens is 1. The lowest BCUT2D eigenvalue weighted by molar-refractivity contribution is 0.279. The maximum atomic E-state index is 13.0. The largest absolute Gasteiger partial charge is 0.493 e. The lowest BCUT2D eigenvalue weighted by atomic mass is 10.1. The Morgan fingerprint density at radius 3 is 2.56 bits per heavy atom. The Labute approximate surface area is 148 Å². The first-order valence-electron chi connectivity index (χ1n) is 8.59. The van der Waals surface area contributed by atoms with Crippen molar-refractivity contribution < 1.29 is 19.0 Å². The van der Waals surface area contributed by atoms with Crippen molar-refractivity contribution in [2.75, 3.05) is 20.3 Å². The standard InChI is InChI=1S/C20H26FNO3/c1-24-19-7-5-6-17(14-22-12-3-2-4-13-23)20(19)25-15-16-8-10-18(21)11-9-16/h5-11,22-23H,2-4,12-15H2,1H3. The summed E-state index contributed by atoms with van der Waals surface area (Å²) in [4.78, 5) is 0. The molecule has 0 aliphatic carbocycles. The molecule has 0 spiro atoms. The molecule has 2 aromatic rings. The first-order chi connectivity index (χ1) is 12.2. The van der Waals surface area contributed by atoms with E-state index >= 15 is 0 Å². The van der Waals surface area contributed by atoms with Crippen LogP contribution < -0.4 is 14.8 Å². The van der Waals surface area contributed by atoms with Gasteiger partial charge in [0.05, 0.1) is 7.11 Å². The average Bonchev–Trinajstić information content (AvgIpc) is 2.64. The summed E-state index contributed by atoms with van der Waals surface area (Å²) in [6, 6.07) is 12.1. The molecule has 0 fully saturated rings. The number of hydrogen-bond acceptors (Lipinski definition) is 4. The third-order valence-electron chi connectivity index (χ3n) is 3.90. The zero-order valence-corrected chi connectivity index (χ0v) is 14.6. The number of nitrogens with one attached hydrogen (secondary N) is 1. The van der Waals surface area contributed by atoms with Crippen molar-refractivity contribution in [3.63, 3.8) is 0 Å². The van der Waals surface area contributed by atoms with Crippen molar-refractivity contribution >= 4 is 0 Å². The predicted octanol–water partition coefficient (Wildman–Crippen LogP) is 3.67. The Bertz CT molecular complexity index is 631. The van der Waals surface area contributed by atoms with E-state index in [1.54, 1.807) is 19.2 Å². The molecule has 0 aromatic heterocycles. The lowest BCUT2D eigenvalue weighted by Crippen LogP contribution is -2.16. The Balaban J connectivity index is 1.96. The highest BCUT2D eigenvalue weighted by molar-refractivity contribution is 5.46. The highest BCUT2D eigenvalue weighted by Crippen LogP contribution is 2.31. The van der Waals surface area contributed by atoms with Crippen molar-refractivity contribution in [2.24, 2.45) is 0 Å². The number of rotatable bonds is 11. The Kier molecular flexibility index (Phi) is 8.22. The van der Waals surface area contributed by atoms with Crippen LogP contribution in [-0.2, 0) is 13.2 Å². The number of aliphatic hydroxyl groups is 1. The van der Waals surface area contributed by atoms with Gasteiger partial charge in [-0.3, -0.25) is 0 Å². The number of methoxy groups -OCH3 is 1. The number of hydrogen-bond donors (Lipinski definition) is 2. The summed E-state index contributed by atoms with van der Waals surface area (Å²) in [6.07, 6.45) is 2.87. The molecular weight excluding hydrogens is 321 g/mol. The zero-order chi connectivity index (χ0) is 17.9. The van der Waals surface area contributed by atoms with Crippen molar-refractivity contribution in [2.45, 2.75) is 32.4 Å². The second kappa shape index (κ2) is 10.7. The van der Waals surface area contributed by atoms with Gasteiger partial charge in [0.25, 0.3) is 0 Å². The van der Waals surface area contributed by atoms with Gasteiger partial charge in [0.2, 0.25) is 0 Å². The molecule has 0 aliphatic heterocycles. The van der Waals surface area contributed by atoms with E-state index < -0.39 is 0 Å². The highest BCUT2D eigenvalue weighted by atomic mass is 19.1. The zero-order valence-electron chi connectivity index (χ0n) is 14.6. The summed E-state index contributed by atoms with van der Waals surface area (Å²) >= 11 is 0. The Hall–Kier alpha value is -2.11. The number of ether oxygens (including phenoxy) is 2. The third-order valence-corrected chi connectivity index (χ3v) is 3.90. The number of benzene rings is 2. The fourth-order valence-corrected chi connectivity index (χ4v) is 2.52. The first kappa shape index (κ1) is 19.2. The van der Waals surface area contributed by atoms with Gasteiger partial charge in [-0.05, 0) is 49.6 Å². The van der Waals surface area contributed by atoms with Crippen LogP contribution >= 0.6 is 0 Å². The first-order valence-corrected chi connectivity index (χ1v) is 8.59. The fourth-order valence-electron chi connectivity index (χ4n) is 2.52. The minimum atomic E-state index is -0.257. The van der Waals surface area contributed by atoms with Crippen LogP contribution in [-0.4, -0.2) is 25.4 Å². The number of para-hydroxylation sites is 1. The Morgan fingerprint density at radius 2 is 1.84 bits per heavy atom. The van der Waals surface area contributed by atoms with Gasteiger partial charge in [-0.1, -0.05) is 24.3 Å².